The van der Waals surface area contributed by atoms with E-state index in [2.05, 4.69) is 10.0 Å². The average molecular weight is 350 g/mol. The van der Waals surface area contributed by atoms with Crippen LogP contribution in [0.15, 0.2) is 23.1 Å². The molecule has 0 heterocycles. The maximum atomic E-state index is 12.1. The Morgan fingerprint density at radius 1 is 1.43 bits per heavy atom. The summed E-state index contributed by atoms with van der Waals surface area (Å²) in [4.78, 5) is 11.3. The van der Waals surface area contributed by atoms with Crippen LogP contribution < -0.4 is 15.8 Å². The zero-order valence-electron chi connectivity index (χ0n) is 11.3. The molecule has 4 N–H and O–H groups in total. The van der Waals surface area contributed by atoms with Crippen molar-refractivity contribution in [1.82, 2.24) is 10.0 Å². The third kappa shape index (κ3) is 5.24. The summed E-state index contributed by atoms with van der Waals surface area (Å²) >= 11 is 10.7. The Bertz CT molecular complexity index is 647. The Morgan fingerprint density at radius 2 is 2.10 bits per heavy atom. The van der Waals surface area contributed by atoms with Crippen molar-refractivity contribution in [3.8, 4) is 0 Å². The van der Waals surface area contributed by atoms with Crippen LogP contribution in [0.3, 0.4) is 0 Å². The highest BCUT2D eigenvalue weighted by Gasteiger charge is 2.18. The second kappa shape index (κ2) is 7.69. The molecule has 6 nitrogen and oxygen atoms in total. The van der Waals surface area contributed by atoms with Gasteiger partial charge < -0.3 is 11.1 Å². The Morgan fingerprint density at radius 3 is 2.62 bits per heavy atom. The van der Waals surface area contributed by atoms with E-state index in [0.29, 0.717) is 12.1 Å². The van der Waals surface area contributed by atoms with Gasteiger partial charge in [0, 0.05) is 25.1 Å². The molecule has 9 heteroatoms. The van der Waals surface area contributed by atoms with E-state index in [1.165, 1.54) is 18.2 Å². The van der Waals surface area contributed by atoms with Crippen molar-refractivity contribution in [2.75, 3.05) is 13.1 Å². The van der Waals surface area contributed by atoms with E-state index in [4.69, 9.17) is 29.6 Å². The first-order valence-corrected chi connectivity index (χ1v) is 8.40. The molecule has 116 valence electrons. The van der Waals surface area contributed by atoms with E-state index in [0.717, 1.165) is 0 Å². The summed E-state index contributed by atoms with van der Waals surface area (Å²) in [6.45, 7) is 2.27. The molecule has 0 unspecified atom stereocenters. The molecule has 0 aliphatic rings. The molecule has 0 saturated heterocycles. The standard InChI is InChI=1S/C12H16ClN3O3S2/c1-2-15-11(17)5-6-16-21(18,19)10-4-3-8(12(14)20)7-9(10)13/h3-4,7,16H,2,5-6H2,1H3,(H2,14,20)(H,15,17). The van der Waals surface area contributed by atoms with E-state index in [9.17, 15) is 13.2 Å². The van der Waals surface area contributed by atoms with Crippen molar-refractivity contribution in [3.63, 3.8) is 0 Å². The predicted octanol–water partition coefficient (Wildman–Crippen LogP) is 0.779. The number of rotatable bonds is 7. The molecule has 1 rings (SSSR count). The van der Waals surface area contributed by atoms with Crippen LogP contribution in [-0.2, 0) is 14.8 Å². The average Bonchev–Trinajstić information content (AvgIpc) is 2.38. The summed E-state index contributed by atoms with van der Waals surface area (Å²) in [5, 5.41) is 2.59. The normalized spacial score (nSPS) is 11.1. The molecule has 0 fully saturated rings. The van der Waals surface area contributed by atoms with Crippen LogP contribution in [-0.4, -0.2) is 32.4 Å². The van der Waals surface area contributed by atoms with Crippen LogP contribution in [0, 0.1) is 0 Å². The number of nitrogens with one attached hydrogen (secondary N) is 2. The highest BCUT2D eigenvalue weighted by molar-refractivity contribution is 7.89. The van der Waals surface area contributed by atoms with Crippen LogP contribution in [0.1, 0.15) is 18.9 Å². The van der Waals surface area contributed by atoms with E-state index < -0.39 is 10.0 Å². The van der Waals surface area contributed by atoms with Gasteiger partial charge in [-0.1, -0.05) is 29.9 Å². The lowest BCUT2D eigenvalue weighted by atomic mass is 10.2. The highest BCUT2D eigenvalue weighted by atomic mass is 35.5. The summed E-state index contributed by atoms with van der Waals surface area (Å²) in [7, 11) is -3.79. The number of thiocarbonyl (C=S) groups is 1. The van der Waals surface area contributed by atoms with Crippen LogP contribution in [0.2, 0.25) is 5.02 Å². The number of amides is 1. The lowest BCUT2D eigenvalue weighted by Crippen LogP contribution is -2.30. The van der Waals surface area contributed by atoms with Gasteiger partial charge in [0.25, 0.3) is 0 Å². The molecule has 21 heavy (non-hydrogen) atoms. The Kier molecular flexibility index (Phi) is 6.53. The first-order valence-electron chi connectivity index (χ1n) is 6.13. The van der Waals surface area contributed by atoms with E-state index in [1.54, 1.807) is 6.92 Å². The Hall–Kier alpha value is -1.22. The molecule has 0 aliphatic heterocycles. The zero-order valence-corrected chi connectivity index (χ0v) is 13.7. The van der Waals surface area contributed by atoms with Crippen LogP contribution in [0.5, 0.6) is 0 Å². The van der Waals surface area contributed by atoms with Gasteiger partial charge in [0.2, 0.25) is 15.9 Å². The molecule has 0 radical (unpaired) electrons. The molecule has 0 spiro atoms. The van der Waals surface area contributed by atoms with E-state index in [1.807, 2.05) is 0 Å². The number of hydrogen-bond acceptors (Lipinski definition) is 4. The topological polar surface area (TPSA) is 101 Å². The number of hydrogen-bond donors (Lipinski definition) is 3. The minimum atomic E-state index is -3.79. The number of benzene rings is 1. The monoisotopic (exact) mass is 349 g/mol. The second-order valence-electron chi connectivity index (χ2n) is 4.11. The molecule has 0 saturated carbocycles. The molecule has 0 atom stereocenters. The van der Waals surface area contributed by atoms with E-state index in [-0.39, 0.29) is 33.8 Å². The van der Waals surface area contributed by atoms with Gasteiger partial charge in [-0.15, -0.1) is 0 Å². The summed E-state index contributed by atoms with van der Waals surface area (Å²) in [6.07, 6.45) is 0.0512. The fourth-order valence-electron chi connectivity index (χ4n) is 1.53. The molecule has 0 bridgehead atoms. The van der Waals surface area contributed by atoms with Crippen molar-refractivity contribution in [2.45, 2.75) is 18.2 Å². The Labute approximate surface area is 134 Å². The summed E-state index contributed by atoms with van der Waals surface area (Å²) in [5.74, 6) is -0.227. The lowest BCUT2D eigenvalue weighted by Gasteiger charge is -2.09. The minimum Gasteiger partial charge on any atom is -0.389 e. The van der Waals surface area contributed by atoms with Crippen LogP contribution >= 0.6 is 23.8 Å². The SMILES string of the molecule is CCNC(=O)CCNS(=O)(=O)c1ccc(C(N)=S)cc1Cl. The lowest BCUT2D eigenvalue weighted by molar-refractivity contribution is -0.120. The molecular formula is C12H16ClN3O3S2. The first-order chi connectivity index (χ1) is 9.77. The Balaban J connectivity index is 2.79. The molecule has 1 aromatic rings. The molecular weight excluding hydrogens is 334 g/mol. The molecule has 0 aliphatic carbocycles. The quantitative estimate of drug-likeness (QED) is 0.631. The number of sulfonamides is 1. The van der Waals surface area contributed by atoms with Gasteiger partial charge in [-0.05, 0) is 19.1 Å². The first kappa shape index (κ1) is 17.8. The maximum Gasteiger partial charge on any atom is 0.242 e. The number of nitrogens with two attached hydrogens (primary N) is 1. The van der Waals surface area contributed by atoms with Crippen molar-refractivity contribution in [3.05, 3.63) is 28.8 Å². The summed E-state index contributed by atoms with van der Waals surface area (Å²) < 4.78 is 26.5. The van der Waals surface area contributed by atoms with Gasteiger partial charge in [-0.2, -0.15) is 0 Å². The van der Waals surface area contributed by atoms with Gasteiger partial charge in [0.05, 0.1) is 5.02 Å². The summed E-state index contributed by atoms with van der Waals surface area (Å²) in [6, 6.07) is 4.19. The van der Waals surface area contributed by atoms with Crippen molar-refractivity contribution in [1.29, 1.82) is 0 Å². The fourth-order valence-corrected chi connectivity index (χ4v) is 3.24. The van der Waals surface area contributed by atoms with Crippen molar-refractivity contribution in [2.24, 2.45) is 5.73 Å². The molecule has 1 aromatic carbocycles. The second-order valence-corrected chi connectivity index (χ2v) is 6.69. The van der Waals surface area contributed by atoms with Crippen LogP contribution in [0.25, 0.3) is 0 Å². The van der Waals surface area contributed by atoms with Crippen molar-refractivity contribution < 1.29 is 13.2 Å². The third-order valence-electron chi connectivity index (χ3n) is 2.52. The van der Waals surface area contributed by atoms with E-state index >= 15 is 0 Å². The number of carbonyl (C=O) groups is 1. The van der Waals surface area contributed by atoms with Gasteiger partial charge in [-0.25, -0.2) is 13.1 Å². The fraction of sp³-hybridized carbons (Fsp3) is 0.333. The largest absolute Gasteiger partial charge is 0.389 e. The smallest absolute Gasteiger partial charge is 0.242 e. The summed E-state index contributed by atoms with van der Waals surface area (Å²) in [5.41, 5.74) is 5.93. The highest BCUT2D eigenvalue weighted by Crippen LogP contribution is 2.22. The van der Waals surface area contributed by atoms with Crippen molar-refractivity contribution >= 4 is 44.7 Å². The van der Waals surface area contributed by atoms with Gasteiger partial charge >= 0.3 is 0 Å². The van der Waals surface area contributed by atoms with Gasteiger partial charge in [-0.3, -0.25) is 4.79 Å². The zero-order chi connectivity index (χ0) is 16.0. The maximum absolute atomic E-state index is 12.1. The minimum absolute atomic E-state index is 0.0124. The predicted molar refractivity (Wildman–Crippen MR) is 85.8 cm³/mol. The molecule has 0 aromatic heterocycles. The number of carbonyl (C=O) groups excluding carboxylic acids is 1. The third-order valence-corrected chi connectivity index (χ3v) is 4.70. The van der Waals surface area contributed by atoms with Crippen LogP contribution in [0.4, 0.5) is 0 Å². The van der Waals surface area contributed by atoms with Gasteiger partial charge in [0.1, 0.15) is 9.88 Å². The molecule has 1 amide bonds. The number of halogens is 1. The van der Waals surface area contributed by atoms with Gasteiger partial charge in [0.15, 0.2) is 0 Å².